The Morgan fingerprint density at radius 1 is 1.50 bits per heavy atom. The summed E-state index contributed by atoms with van der Waals surface area (Å²) < 4.78 is 18.4. The molecule has 7 heteroatoms. The molecular formula is C15H19FN4O2. The van der Waals surface area contributed by atoms with Crippen LogP contribution in [0.3, 0.4) is 0 Å². The van der Waals surface area contributed by atoms with Crippen molar-refractivity contribution in [1.29, 1.82) is 0 Å². The number of aromatic amines is 1. The summed E-state index contributed by atoms with van der Waals surface area (Å²) in [5, 5.41) is 2.78. The van der Waals surface area contributed by atoms with Gasteiger partial charge in [-0.1, -0.05) is 0 Å². The Morgan fingerprint density at radius 2 is 2.27 bits per heavy atom. The van der Waals surface area contributed by atoms with Gasteiger partial charge in [-0.15, -0.1) is 0 Å². The number of H-pyrrole nitrogens is 1. The summed E-state index contributed by atoms with van der Waals surface area (Å²) in [6.07, 6.45) is 1.61. The number of ether oxygens (including phenoxy) is 1. The third kappa shape index (κ3) is 3.26. The van der Waals surface area contributed by atoms with Crippen molar-refractivity contribution in [3.05, 3.63) is 29.8 Å². The van der Waals surface area contributed by atoms with E-state index in [9.17, 15) is 9.18 Å². The van der Waals surface area contributed by atoms with Gasteiger partial charge in [-0.05, 0) is 37.0 Å². The largest absolute Gasteiger partial charge is 0.381 e. The molecule has 2 heterocycles. The fourth-order valence-corrected chi connectivity index (χ4v) is 2.70. The highest BCUT2D eigenvalue weighted by Crippen LogP contribution is 2.18. The molecule has 1 aromatic heterocycles. The Labute approximate surface area is 127 Å². The topological polar surface area (TPSA) is 93.0 Å². The molecule has 1 aromatic carbocycles. The predicted octanol–water partition coefficient (Wildman–Crippen LogP) is 1.07. The standard InChI is InChI=1S/C15H19FN4O2/c16-10-1-2-11-12(7-10)20-13(19-11)8-18-15(21)14(17)9-3-5-22-6-4-9/h1-2,7,9,14H,3-6,8,17H2,(H,18,21)(H,19,20). The Kier molecular flexibility index (Phi) is 4.35. The summed E-state index contributed by atoms with van der Waals surface area (Å²) in [5.41, 5.74) is 7.28. The third-order valence-electron chi connectivity index (χ3n) is 4.00. The summed E-state index contributed by atoms with van der Waals surface area (Å²) in [6.45, 7) is 1.55. The zero-order chi connectivity index (χ0) is 15.5. The van der Waals surface area contributed by atoms with Gasteiger partial charge >= 0.3 is 0 Å². The zero-order valence-electron chi connectivity index (χ0n) is 12.1. The molecule has 1 aliphatic rings. The van der Waals surface area contributed by atoms with E-state index in [2.05, 4.69) is 15.3 Å². The van der Waals surface area contributed by atoms with Crippen LogP contribution >= 0.6 is 0 Å². The van der Waals surface area contributed by atoms with E-state index in [1.165, 1.54) is 12.1 Å². The van der Waals surface area contributed by atoms with Crippen LogP contribution in [0.15, 0.2) is 18.2 Å². The van der Waals surface area contributed by atoms with Gasteiger partial charge in [0.2, 0.25) is 5.91 Å². The number of carbonyl (C=O) groups excluding carboxylic acids is 1. The smallest absolute Gasteiger partial charge is 0.237 e. The summed E-state index contributed by atoms with van der Waals surface area (Å²) >= 11 is 0. The van der Waals surface area contributed by atoms with Gasteiger partial charge in [0.25, 0.3) is 0 Å². The minimum Gasteiger partial charge on any atom is -0.381 e. The van der Waals surface area contributed by atoms with Gasteiger partial charge in [0.1, 0.15) is 11.6 Å². The first-order valence-electron chi connectivity index (χ1n) is 7.38. The van der Waals surface area contributed by atoms with E-state index in [-0.39, 0.29) is 24.2 Å². The molecule has 0 radical (unpaired) electrons. The fourth-order valence-electron chi connectivity index (χ4n) is 2.70. The van der Waals surface area contributed by atoms with Gasteiger partial charge in [0, 0.05) is 13.2 Å². The number of rotatable bonds is 4. The number of benzene rings is 1. The molecule has 1 aliphatic heterocycles. The highest BCUT2D eigenvalue weighted by atomic mass is 19.1. The minimum atomic E-state index is -0.536. The lowest BCUT2D eigenvalue weighted by Crippen LogP contribution is -2.46. The number of hydrogen-bond donors (Lipinski definition) is 3. The Hall–Kier alpha value is -1.99. The number of amides is 1. The summed E-state index contributed by atoms with van der Waals surface area (Å²) in [5.74, 6) is 0.207. The Balaban J connectivity index is 1.59. The number of fused-ring (bicyclic) bond motifs is 1. The second kappa shape index (κ2) is 6.41. The molecule has 1 fully saturated rings. The average Bonchev–Trinajstić information content (AvgIpc) is 2.94. The lowest BCUT2D eigenvalue weighted by atomic mass is 9.92. The molecule has 1 unspecified atom stereocenters. The number of nitrogens with one attached hydrogen (secondary N) is 2. The number of carbonyl (C=O) groups is 1. The predicted molar refractivity (Wildman–Crippen MR) is 79.4 cm³/mol. The molecule has 0 aliphatic carbocycles. The molecule has 0 saturated carbocycles. The molecule has 1 atom stereocenters. The van der Waals surface area contributed by atoms with E-state index in [1.807, 2.05) is 0 Å². The molecular weight excluding hydrogens is 287 g/mol. The van der Waals surface area contributed by atoms with Crippen LogP contribution in [0.4, 0.5) is 4.39 Å². The quantitative estimate of drug-likeness (QED) is 0.788. The molecule has 118 valence electrons. The van der Waals surface area contributed by atoms with Crippen LogP contribution in [0, 0.1) is 11.7 Å². The fraction of sp³-hybridized carbons (Fsp3) is 0.467. The average molecular weight is 306 g/mol. The van der Waals surface area contributed by atoms with Crippen LogP contribution in [-0.4, -0.2) is 35.1 Å². The van der Waals surface area contributed by atoms with E-state index < -0.39 is 6.04 Å². The highest BCUT2D eigenvalue weighted by Gasteiger charge is 2.26. The number of nitrogens with two attached hydrogens (primary N) is 1. The van der Waals surface area contributed by atoms with Crippen LogP contribution in [0.25, 0.3) is 11.0 Å². The summed E-state index contributed by atoms with van der Waals surface area (Å²) in [4.78, 5) is 19.4. The van der Waals surface area contributed by atoms with Crippen molar-refractivity contribution in [2.24, 2.45) is 11.7 Å². The van der Waals surface area contributed by atoms with Gasteiger partial charge in [-0.25, -0.2) is 9.37 Å². The van der Waals surface area contributed by atoms with Gasteiger partial charge in [-0.3, -0.25) is 4.79 Å². The molecule has 0 bridgehead atoms. The van der Waals surface area contributed by atoms with Gasteiger partial charge in [-0.2, -0.15) is 0 Å². The van der Waals surface area contributed by atoms with E-state index >= 15 is 0 Å². The Bertz CT molecular complexity index is 667. The van der Waals surface area contributed by atoms with Crippen molar-refractivity contribution >= 4 is 16.9 Å². The Morgan fingerprint density at radius 3 is 3.05 bits per heavy atom. The SMILES string of the molecule is NC(C(=O)NCc1nc2ccc(F)cc2[nH]1)C1CCOCC1. The van der Waals surface area contributed by atoms with Gasteiger partial charge < -0.3 is 20.8 Å². The molecule has 22 heavy (non-hydrogen) atoms. The third-order valence-corrected chi connectivity index (χ3v) is 4.00. The van der Waals surface area contributed by atoms with Crippen LogP contribution < -0.4 is 11.1 Å². The summed E-state index contributed by atoms with van der Waals surface area (Å²) in [6, 6.07) is 3.79. The van der Waals surface area contributed by atoms with E-state index in [0.717, 1.165) is 12.8 Å². The van der Waals surface area contributed by atoms with Crippen molar-refractivity contribution in [1.82, 2.24) is 15.3 Å². The molecule has 2 aromatic rings. The van der Waals surface area contributed by atoms with E-state index in [4.69, 9.17) is 10.5 Å². The number of nitrogens with zero attached hydrogens (tertiary/aromatic N) is 1. The number of aromatic nitrogens is 2. The van der Waals surface area contributed by atoms with E-state index in [1.54, 1.807) is 6.07 Å². The number of imidazole rings is 1. The maximum Gasteiger partial charge on any atom is 0.237 e. The molecule has 3 rings (SSSR count). The molecule has 6 nitrogen and oxygen atoms in total. The lowest BCUT2D eigenvalue weighted by Gasteiger charge is -2.26. The normalized spacial score (nSPS) is 17.5. The number of halogens is 1. The van der Waals surface area contributed by atoms with Crippen LogP contribution in [-0.2, 0) is 16.1 Å². The molecule has 1 amide bonds. The van der Waals surface area contributed by atoms with Crippen LogP contribution in [0.1, 0.15) is 18.7 Å². The lowest BCUT2D eigenvalue weighted by molar-refractivity contribution is -0.124. The molecule has 1 saturated heterocycles. The first kappa shape index (κ1) is 14.9. The second-order valence-corrected chi connectivity index (χ2v) is 5.54. The van der Waals surface area contributed by atoms with Gasteiger partial charge in [0.05, 0.1) is 23.6 Å². The van der Waals surface area contributed by atoms with Crippen molar-refractivity contribution < 1.29 is 13.9 Å². The first-order valence-corrected chi connectivity index (χ1v) is 7.38. The zero-order valence-corrected chi connectivity index (χ0v) is 12.1. The summed E-state index contributed by atoms with van der Waals surface area (Å²) in [7, 11) is 0. The van der Waals surface area contributed by atoms with Crippen LogP contribution in [0.2, 0.25) is 0 Å². The second-order valence-electron chi connectivity index (χ2n) is 5.54. The van der Waals surface area contributed by atoms with Crippen molar-refractivity contribution in [3.8, 4) is 0 Å². The maximum absolute atomic E-state index is 13.1. The van der Waals surface area contributed by atoms with Gasteiger partial charge in [0.15, 0.2) is 0 Å². The molecule has 0 spiro atoms. The van der Waals surface area contributed by atoms with Crippen molar-refractivity contribution in [3.63, 3.8) is 0 Å². The monoisotopic (exact) mass is 306 g/mol. The molecule has 4 N–H and O–H groups in total. The number of hydrogen-bond acceptors (Lipinski definition) is 4. The van der Waals surface area contributed by atoms with Crippen LogP contribution in [0.5, 0.6) is 0 Å². The van der Waals surface area contributed by atoms with E-state index in [0.29, 0.717) is 30.1 Å². The minimum absolute atomic E-state index is 0.151. The maximum atomic E-state index is 13.1. The highest BCUT2D eigenvalue weighted by molar-refractivity contribution is 5.82. The van der Waals surface area contributed by atoms with Crippen molar-refractivity contribution in [2.45, 2.75) is 25.4 Å². The van der Waals surface area contributed by atoms with Crippen molar-refractivity contribution in [2.75, 3.05) is 13.2 Å². The first-order chi connectivity index (χ1) is 10.6.